The highest BCUT2D eigenvalue weighted by molar-refractivity contribution is 5.94. The summed E-state index contributed by atoms with van der Waals surface area (Å²) in [5.74, 6) is -2.75. The molecule has 1 unspecified atom stereocenters. The third kappa shape index (κ3) is 9.51. The second-order valence-corrected chi connectivity index (χ2v) is 10.8. The third-order valence-electron chi connectivity index (χ3n) is 6.92. The van der Waals surface area contributed by atoms with Crippen LogP contribution in [0.2, 0.25) is 0 Å². The van der Waals surface area contributed by atoms with E-state index in [1.807, 2.05) is 0 Å². The molecule has 0 bridgehead atoms. The van der Waals surface area contributed by atoms with Gasteiger partial charge in [0.25, 0.3) is 5.56 Å². The lowest BCUT2D eigenvalue weighted by molar-refractivity contribution is -0.123. The zero-order valence-electron chi connectivity index (χ0n) is 25.9. The number of hydrogen-bond acceptors (Lipinski definition) is 8. The topological polar surface area (TPSA) is 151 Å². The summed E-state index contributed by atoms with van der Waals surface area (Å²) in [5.41, 5.74) is -0.0606. The molecule has 0 aliphatic carbocycles. The number of aliphatic hydroxyl groups excluding tert-OH is 1. The van der Waals surface area contributed by atoms with Crippen LogP contribution in [-0.2, 0) is 27.5 Å². The van der Waals surface area contributed by atoms with Crippen molar-refractivity contribution >= 4 is 28.5 Å². The first-order valence-electron chi connectivity index (χ1n) is 14.5. The highest BCUT2D eigenvalue weighted by Gasteiger charge is 2.22. The summed E-state index contributed by atoms with van der Waals surface area (Å²) in [4.78, 5) is 47.1. The van der Waals surface area contributed by atoms with Gasteiger partial charge in [0.05, 0.1) is 24.7 Å². The van der Waals surface area contributed by atoms with Crippen molar-refractivity contribution in [2.24, 2.45) is 0 Å². The van der Waals surface area contributed by atoms with Crippen LogP contribution in [0.25, 0.3) is 11.0 Å². The summed E-state index contributed by atoms with van der Waals surface area (Å²) in [7, 11) is 4.61. The maximum absolute atomic E-state index is 14.4. The van der Waals surface area contributed by atoms with E-state index in [4.69, 9.17) is 9.47 Å². The number of nitrogens with one attached hydrogen (secondary N) is 3. The summed E-state index contributed by atoms with van der Waals surface area (Å²) < 4.78 is 53.6. The molecule has 12 nitrogen and oxygen atoms in total. The van der Waals surface area contributed by atoms with E-state index in [1.54, 1.807) is 26.2 Å². The number of aromatic amines is 1. The molecule has 2 atom stereocenters. The van der Waals surface area contributed by atoms with Gasteiger partial charge in [-0.3, -0.25) is 19.7 Å². The summed E-state index contributed by atoms with van der Waals surface area (Å²) in [6.07, 6.45) is 3.81. The van der Waals surface area contributed by atoms with Crippen LogP contribution in [0.15, 0.2) is 65.6 Å². The molecule has 2 heterocycles. The first-order chi connectivity index (χ1) is 22.4. The first kappa shape index (κ1) is 34.9. The largest absolute Gasteiger partial charge is 0.486 e. The van der Waals surface area contributed by atoms with Crippen LogP contribution < -0.4 is 20.9 Å². The SMILES string of the molecule is COCC(O)N[C@@H](CC/C=C/C(=O)N(C)C)C(=O)Nc1cccn(Cc2nc3c(OCc4ccc(F)cc4F)cc(F)cc3[nH]2)c1=O. The molecule has 4 rings (SSSR count). The molecule has 4 N–H and O–H groups in total. The molecule has 250 valence electrons. The number of methoxy groups -OCH3 is 1. The van der Waals surface area contributed by atoms with Crippen molar-refractivity contribution in [2.75, 3.05) is 33.1 Å². The van der Waals surface area contributed by atoms with Gasteiger partial charge in [-0.2, -0.15) is 0 Å². The molecule has 2 aromatic carbocycles. The molecule has 2 amide bonds. The van der Waals surface area contributed by atoms with Gasteiger partial charge in [-0.05, 0) is 49.2 Å². The molecule has 0 spiro atoms. The maximum atomic E-state index is 14.4. The van der Waals surface area contributed by atoms with Crippen LogP contribution in [0.5, 0.6) is 5.75 Å². The number of nitrogens with zero attached hydrogens (tertiary/aromatic N) is 3. The van der Waals surface area contributed by atoms with Gasteiger partial charge < -0.3 is 34.3 Å². The molecule has 0 fully saturated rings. The molecule has 4 aromatic rings. The number of anilines is 1. The van der Waals surface area contributed by atoms with Gasteiger partial charge in [-0.25, -0.2) is 18.2 Å². The molecule has 2 aromatic heterocycles. The zero-order chi connectivity index (χ0) is 34.1. The standard InChI is InChI=1S/C32H35F3N6O6/c1-40(2)29(43)9-5-4-7-23(37-28(42)18-46-3)31(44)38-24-8-6-12-41(32(24)45)16-27-36-25-14-21(34)15-26(30(25)39-27)47-17-19-10-11-20(33)13-22(19)35/h5-6,8-15,23,28,37,42H,4,7,16-18H2,1-3H3,(H,36,39)(H,38,44)/b9-5+/t23-,28?/m0/s1. The van der Waals surface area contributed by atoms with E-state index in [2.05, 4.69) is 20.6 Å². The Labute approximate surface area is 267 Å². The van der Waals surface area contributed by atoms with Crippen LogP contribution >= 0.6 is 0 Å². The van der Waals surface area contributed by atoms with E-state index in [-0.39, 0.29) is 65.9 Å². The number of benzene rings is 2. The number of carbonyl (C=O) groups is 2. The summed E-state index contributed by atoms with van der Waals surface area (Å²) in [5, 5.41) is 15.5. The lowest BCUT2D eigenvalue weighted by Crippen LogP contribution is -2.48. The van der Waals surface area contributed by atoms with Crippen LogP contribution in [0.4, 0.5) is 18.9 Å². The molecule has 0 saturated carbocycles. The molecule has 47 heavy (non-hydrogen) atoms. The number of halogens is 3. The Morgan fingerprint density at radius 3 is 2.66 bits per heavy atom. The molecule has 15 heteroatoms. The second kappa shape index (κ2) is 16.0. The molecular weight excluding hydrogens is 621 g/mol. The Kier molecular flexibility index (Phi) is 11.9. The van der Waals surface area contributed by atoms with E-state index in [0.717, 1.165) is 18.2 Å². The molecule has 0 aliphatic heterocycles. The number of ether oxygens (including phenoxy) is 2. The molecule has 0 aliphatic rings. The van der Waals surface area contributed by atoms with Crippen molar-refractivity contribution in [1.82, 2.24) is 24.8 Å². The highest BCUT2D eigenvalue weighted by atomic mass is 19.1. The molecular formula is C32H35F3N6O6. The number of aliphatic hydroxyl groups is 1. The average molecular weight is 657 g/mol. The summed E-state index contributed by atoms with van der Waals surface area (Å²) in [6.45, 7) is -0.491. The fourth-order valence-electron chi connectivity index (χ4n) is 4.54. The van der Waals surface area contributed by atoms with E-state index < -0.39 is 41.2 Å². The summed E-state index contributed by atoms with van der Waals surface area (Å²) in [6, 6.07) is 7.32. The number of imidazole rings is 1. The van der Waals surface area contributed by atoms with Gasteiger partial charge in [0, 0.05) is 45.1 Å². The first-order valence-corrected chi connectivity index (χ1v) is 14.5. The van der Waals surface area contributed by atoms with Crippen LogP contribution in [0.3, 0.4) is 0 Å². The Balaban J connectivity index is 1.49. The number of H-pyrrole nitrogens is 1. The number of carbonyl (C=O) groups excluding carboxylic acids is 2. The van der Waals surface area contributed by atoms with Gasteiger partial charge in [0.15, 0.2) is 5.75 Å². The predicted octanol–water partition coefficient (Wildman–Crippen LogP) is 3.06. The van der Waals surface area contributed by atoms with Crippen molar-refractivity contribution in [2.45, 2.75) is 38.3 Å². The Bertz CT molecular complexity index is 1810. The van der Waals surface area contributed by atoms with Crippen molar-refractivity contribution in [3.8, 4) is 5.75 Å². The lowest BCUT2D eigenvalue weighted by atomic mass is 10.1. The Hall–Kier alpha value is -4.99. The minimum atomic E-state index is -1.17. The monoisotopic (exact) mass is 656 g/mol. The van der Waals surface area contributed by atoms with Crippen LogP contribution in [-0.4, -0.2) is 76.4 Å². The third-order valence-corrected chi connectivity index (χ3v) is 6.92. The van der Waals surface area contributed by atoms with Crippen molar-refractivity contribution < 1.29 is 37.3 Å². The zero-order valence-corrected chi connectivity index (χ0v) is 25.9. The number of pyridine rings is 1. The minimum Gasteiger partial charge on any atom is -0.486 e. The minimum absolute atomic E-state index is 0.00899. The van der Waals surface area contributed by atoms with E-state index >= 15 is 0 Å². The lowest BCUT2D eigenvalue weighted by Gasteiger charge is -2.21. The number of rotatable bonds is 15. The summed E-state index contributed by atoms with van der Waals surface area (Å²) >= 11 is 0. The number of aromatic nitrogens is 3. The van der Waals surface area contributed by atoms with Crippen LogP contribution in [0.1, 0.15) is 24.2 Å². The maximum Gasteiger partial charge on any atom is 0.274 e. The number of hydrogen-bond donors (Lipinski definition) is 4. The van der Waals surface area contributed by atoms with Gasteiger partial charge >= 0.3 is 0 Å². The highest BCUT2D eigenvalue weighted by Crippen LogP contribution is 2.27. The Morgan fingerprint density at radius 1 is 1.15 bits per heavy atom. The smallest absolute Gasteiger partial charge is 0.274 e. The average Bonchev–Trinajstić information content (AvgIpc) is 3.42. The van der Waals surface area contributed by atoms with E-state index in [9.17, 15) is 32.7 Å². The fourth-order valence-corrected chi connectivity index (χ4v) is 4.54. The quantitative estimate of drug-likeness (QED) is 0.113. The van der Waals surface area contributed by atoms with Gasteiger partial charge in [-0.1, -0.05) is 6.08 Å². The van der Waals surface area contributed by atoms with Gasteiger partial charge in [-0.15, -0.1) is 0 Å². The number of amides is 2. The van der Waals surface area contributed by atoms with Gasteiger partial charge in [0.2, 0.25) is 11.8 Å². The van der Waals surface area contributed by atoms with Crippen molar-refractivity contribution in [3.05, 3.63) is 100 Å². The molecule has 0 saturated heterocycles. The number of fused-ring (bicyclic) bond motifs is 1. The van der Waals surface area contributed by atoms with E-state index in [0.29, 0.717) is 6.42 Å². The van der Waals surface area contributed by atoms with Crippen molar-refractivity contribution in [1.29, 1.82) is 0 Å². The fraction of sp³-hybridized carbons (Fsp3) is 0.312. The predicted molar refractivity (Wildman–Crippen MR) is 167 cm³/mol. The van der Waals surface area contributed by atoms with E-state index in [1.165, 1.54) is 47.0 Å². The van der Waals surface area contributed by atoms with Crippen LogP contribution in [0, 0.1) is 17.5 Å². The molecule has 0 radical (unpaired) electrons. The van der Waals surface area contributed by atoms with Gasteiger partial charge in [0.1, 0.15) is 47.3 Å². The number of allylic oxidation sites excluding steroid dienone is 1. The number of likely N-dealkylation sites (N-methyl/N-ethyl adjacent to an activating group) is 1. The second-order valence-electron chi connectivity index (χ2n) is 10.8. The van der Waals surface area contributed by atoms with Crippen molar-refractivity contribution in [3.63, 3.8) is 0 Å². The Morgan fingerprint density at radius 2 is 1.94 bits per heavy atom. The normalized spacial score (nSPS) is 12.7.